The summed E-state index contributed by atoms with van der Waals surface area (Å²) in [6, 6.07) is 0. The lowest BCUT2D eigenvalue weighted by atomic mass is 9.99. The molecule has 0 amide bonds. The van der Waals surface area contributed by atoms with Gasteiger partial charge in [0, 0.05) is 25.7 Å². The number of aliphatic hydroxyl groups excluding tert-OH is 1. The zero-order chi connectivity index (χ0) is 70.3. The number of carbonyl (C=O) groups excluding carboxylic acids is 4. The lowest BCUT2D eigenvalue weighted by Gasteiger charge is -2.21. The van der Waals surface area contributed by atoms with Crippen LogP contribution in [0.5, 0.6) is 0 Å². The number of aliphatic hydroxyl groups is 1. The Kier molecular flexibility index (Phi) is 64.0. The van der Waals surface area contributed by atoms with Crippen molar-refractivity contribution in [3.8, 4) is 0 Å². The minimum absolute atomic E-state index is 0.102. The molecule has 0 bridgehead atoms. The van der Waals surface area contributed by atoms with Gasteiger partial charge in [0.2, 0.25) is 0 Å². The van der Waals surface area contributed by atoms with Gasteiger partial charge in [-0.15, -0.1) is 0 Å². The van der Waals surface area contributed by atoms with Gasteiger partial charge in [0.05, 0.1) is 26.4 Å². The molecule has 95 heavy (non-hydrogen) atoms. The fourth-order valence-electron chi connectivity index (χ4n) is 11.5. The molecule has 0 heterocycles. The largest absolute Gasteiger partial charge is 0.472 e. The quantitative estimate of drug-likeness (QED) is 0.0222. The molecule has 0 saturated heterocycles. The Balaban J connectivity index is 5.16. The van der Waals surface area contributed by atoms with E-state index in [1.54, 1.807) is 0 Å². The average molecular weight is 1400 g/mol. The predicted molar refractivity (Wildman–Crippen MR) is 386 cm³/mol. The molecular weight excluding hydrogens is 1250 g/mol. The van der Waals surface area contributed by atoms with Gasteiger partial charge in [0.1, 0.15) is 19.3 Å². The number of rotatable bonds is 73. The van der Waals surface area contributed by atoms with Crippen molar-refractivity contribution in [3.63, 3.8) is 0 Å². The zero-order valence-corrected chi connectivity index (χ0v) is 64.1. The number of phosphoric ester groups is 2. The second kappa shape index (κ2) is 65.4. The summed E-state index contributed by atoms with van der Waals surface area (Å²) in [5.74, 6) is 0.926. The summed E-state index contributed by atoms with van der Waals surface area (Å²) >= 11 is 0. The summed E-state index contributed by atoms with van der Waals surface area (Å²) in [5, 5.41) is 10.6. The Labute approximate surface area is 581 Å². The molecule has 4 unspecified atom stereocenters. The first-order valence-corrected chi connectivity index (χ1v) is 42.3. The third kappa shape index (κ3) is 67.6. The van der Waals surface area contributed by atoms with Gasteiger partial charge in [-0.05, 0) is 49.4 Å². The maximum Gasteiger partial charge on any atom is 0.472 e. The van der Waals surface area contributed by atoms with Gasteiger partial charge in [-0.2, -0.15) is 0 Å². The van der Waals surface area contributed by atoms with Crippen LogP contribution in [0.2, 0.25) is 0 Å². The third-order valence-electron chi connectivity index (χ3n) is 18.3. The highest BCUT2D eigenvalue weighted by Crippen LogP contribution is 2.45. The fourth-order valence-corrected chi connectivity index (χ4v) is 13.1. The van der Waals surface area contributed by atoms with E-state index in [1.807, 2.05) is 0 Å². The molecule has 17 nitrogen and oxygen atoms in total. The summed E-state index contributed by atoms with van der Waals surface area (Å²) < 4.78 is 68.4. The van der Waals surface area contributed by atoms with Crippen molar-refractivity contribution >= 4 is 39.5 Å². The van der Waals surface area contributed by atoms with E-state index >= 15 is 0 Å². The minimum atomic E-state index is -4.96. The van der Waals surface area contributed by atoms with Crippen molar-refractivity contribution in [1.82, 2.24) is 0 Å². The second-order valence-corrected chi connectivity index (χ2v) is 31.7. The van der Waals surface area contributed by atoms with Crippen molar-refractivity contribution in [1.29, 1.82) is 0 Å². The Morgan fingerprint density at radius 3 is 0.747 bits per heavy atom. The van der Waals surface area contributed by atoms with Gasteiger partial charge in [-0.25, -0.2) is 9.13 Å². The van der Waals surface area contributed by atoms with E-state index < -0.39 is 97.5 Å². The molecule has 0 fully saturated rings. The van der Waals surface area contributed by atoms with Crippen LogP contribution in [-0.4, -0.2) is 96.7 Å². The first-order valence-electron chi connectivity index (χ1n) is 39.3. The lowest BCUT2D eigenvalue weighted by Crippen LogP contribution is -2.30. The van der Waals surface area contributed by atoms with Crippen molar-refractivity contribution in [2.75, 3.05) is 39.6 Å². The summed E-state index contributed by atoms with van der Waals surface area (Å²) in [7, 11) is -9.91. The van der Waals surface area contributed by atoms with E-state index in [0.717, 1.165) is 114 Å². The van der Waals surface area contributed by atoms with E-state index in [0.29, 0.717) is 31.6 Å². The Morgan fingerprint density at radius 2 is 0.505 bits per heavy atom. The fraction of sp³-hybridized carbons (Fsp3) is 0.947. The summed E-state index contributed by atoms with van der Waals surface area (Å²) in [6.07, 6.45) is 50.2. The maximum atomic E-state index is 13.1. The van der Waals surface area contributed by atoms with Crippen molar-refractivity contribution in [2.45, 2.75) is 401 Å². The molecule has 0 aliphatic carbocycles. The van der Waals surface area contributed by atoms with E-state index in [2.05, 4.69) is 55.4 Å². The second-order valence-electron chi connectivity index (χ2n) is 28.8. The van der Waals surface area contributed by atoms with Crippen LogP contribution in [0.4, 0.5) is 0 Å². The maximum absolute atomic E-state index is 13.1. The van der Waals surface area contributed by atoms with Gasteiger partial charge >= 0.3 is 39.5 Å². The first kappa shape index (κ1) is 93.1. The number of phosphoric acid groups is 2. The number of hydrogen-bond acceptors (Lipinski definition) is 15. The highest BCUT2D eigenvalue weighted by atomic mass is 31.2. The Bertz CT molecular complexity index is 1870. The standard InChI is InChI=1S/C76H148O17P2/c1-9-68(7)54-46-38-29-25-21-17-14-15-18-22-26-30-40-48-56-73(78)86-62-72(93-76(81)59-51-43-34-32-37-45-53-67(5)6)65-91-95(84,85)89-61-70(77)60-88-94(82,83)90-64-71(63-87-74(79)57-49-41-35-33-39-47-55-69(8)10-2)92-75(80)58-50-42-31-27-23-19-13-11-12-16-20-24-28-36-44-52-66(3)4/h66-72,77H,9-65H2,1-8H3,(H,82,83)(H,84,85)/t68?,69?,70-,71+,72+/m0/s1. The normalized spacial score (nSPS) is 14.7. The third-order valence-corrected chi connectivity index (χ3v) is 20.2. The highest BCUT2D eigenvalue weighted by Gasteiger charge is 2.30. The number of ether oxygens (including phenoxy) is 4. The minimum Gasteiger partial charge on any atom is -0.462 e. The topological polar surface area (TPSA) is 237 Å². The van der Waals surface area contributed by atoms with Crippen molar-refractivity contribution in [3.05, 3.63) is 0 Å². The summed E-state index contributed by atoms with van der Waals surface area (Å²) in [4.78, 5) is 72.7. The van der Waals surface area contributed by atoms with Gasteiger partial charge in [0.15, 0.2) is 12.2 Å². The molecule has 0 aromatic rings. The number of unbranched alkanes of at least 4 members (excludes halogenated alkanes) is 37. The summed E-state index contributed by atoms with van der Waals surface area (Å²) in [6.45, 7) is 14.1. The van der Waals surface area contributed by atoms with Crippen LogP contribution in [0.1, 0.15) is 383 Å². The smallest absolute Gasteiger partial charge is 0.462 e. The monoisotopic (exact) mass is 1400 g/mol. The van der Waals surface area contributed by atoms with Crippen molar-refractivity contribution in [2.24, 2.45) is 23.7 Å². The van der Waals surface area contributed by atoms with Gasteiger partial charge in [0.25, 0.3) is 0 Å². The van der Waals surface area contributed by atoms with Crippen LogP contribution < -0.4 is 0 Å². The SMILES string of the molecule is CCC(C)CCCCCCCCCCCCCCCCC(=O)OC[C@H](COP(=O)(O)OC[C@@H](O)COP(=O)(O)OC[C@@H](COC(=O)CCCCCCCCC(C)CC)OC(=O)CCCCCCCCCCCCCCCCCC(C)C)OC(=O)CCCCCCCCC(C)C. The molecule has 564 valence electrons. The molecular formula is C76H148O17P2. The van der Waals surface area contributed by atoms with E-state index in [-0.39, 0.29) is 25.7 Å². The van der Waals surface area contributed by atoms with Gasteiger partial charge < -0.3 is 33.8 Å². The molecule has 0 aromatic heterocycles. The first-order chi connectivity index (χ1) is 45.7. The number of hydrogen-bond donors (Lipinski definition) is 3. The molecule has 0 aliphatic rings. The molecule has 0 radical (unpaired) electrons. The van der Waals surface area contributed by atoms with Crippen molar-refractivity contribution < 1.29 is 80.2 Å². The van der Waals surface area contributed by atoms with Crippen LogP contribution in [0.3, 0.4) is 0 Å². The van der Waals surface area contributed by atoms with Gasteiger partial charge in [-0.3, -0.25) is 37.3 Å². The number of esters is 4. The average Bonchev–Trinajstić information content (AvgIpc) is 1.35. The molecule has 0 aromatic carbocycles. The zero-order valence-electron chi connectivity index (χ0n) is 62.3. The van der Waals surface area contributed by atoms with E-state index in [1.165, 1.54) is 180 Å². The Morgan fingerprint density at radius 1 is 0.295 bits per heavy atom. The molecule has 3 N–H and O–H groups in total. The van der Waals surface area contributed by atoms with Gasteiger partial charge in [-0.1, -0.05) is 331 Å². The summed E-state index contributed by atoms with van der Waals surface area (Å²) in [5.41, 5.74) is 0. The van der Waals surface area contributed by atoms with Crippen LogP contribution in [0.25, 0.3) is 0 Å². The van der Waals surface area contributed by atoms with Crippen LogP contribution in [-0.2, 0) is 65.4 Å². The highest BCUT2D eigenvalue weighted by molar-refractivity contribution is 7.47. The van der Waals surface area contributed by atoms with Crippen LogP contribution in [0, 0.1) is 23.7 Å². The molecule has 0 spiro atoms. The Hall–Kier alpha value is -1.94. The molecule has 19 heteroatoms. The van der Waals surface area contributed by atoms with Crippen LogP contribution in [0.15, 0.2) is 0 Å². The molecule has 0 saturated carbocycles. The van der Waals surface area contributed by atoms with E-state index in [9.17, 15) is 43.2 Å². The molecule has 0 aliphatic heterocycles. The van der Waals surface area contributed by atoms with E-state index in [4.69, 9.17) is 37.0 Å². The number of carbonyl (C=O) groups is 4. The molecule has 7 atom stereocenters. The lowest BCUT2D eigenvalue weighted by molar-refractivity contribution is -0.161. The predicted octanol–water partition coefficient (Wildman–Crippen LogP) is 22.0. The van der Waals surface area contributed by atoms with Crippen LogP contribution >= 0.6 is 15.6 Å². The molecule has 0 rings (SSSR count).